The number of hydrogen-bond acceptors (Lipinski definition) is 5. The summed E-state index contributed by atoms with van der Waals surface area (Å²) in [4.78, 5) is 24.7. The van der Waals surface area contributed by atoms with Gasteiger partial charge in [0.2, 0.25) is 0 Å². The molecule has 2 amide bonds. The van der Waals surface area contributed by atoms with E-state index in [2.05, 4.69) is 15.5 Å². The average Bonchev–Trinajstić information content (AvgIpc) is 2.54. The number of nitrogens with zero attached hydrogens (tertiary/aromatic N) is 2. The summed E-state index contributed by atoms with van der Waals surface area (Å²) in [5, 5.41) is 16.5. The van der Waals surface area contributed by atoms with Gasteiger partial charge in [-0.15, -0.1) is 0 Å². The van der Waals surface area contributed by atoms with E-state index in [4.69, 9.17) is 4.74 Å². The Morgan fingerprint density at radius 3 is 2.72 bits per heavy atom. The van der Waals surface area contributed by atoms with Crippen LogP contribution < -0.4 is 10.6 Å². The van der Waals surface area contributed by atoms with Gasteiger partial charge in [-0.2, -0.15) is 0 Å². The van der Waals surface area contributed by atoms with Gasteiger partial charge in [-0.1, -0.05) is 12.1 Å². The van der Waals surface area contributed by atoms with Crippen LogP contribution >= 0.6 is 0 Å². The zero-order valence-electron chi connectivity index (χ0n) is 14.9. The highest BCUT2D eigenvalue weighted by Gasteiger charge is 2.21. The zero-order valence-corrected chi connectivity index (χ0v) is 14.9. The fraction of sp³-hybridized carbons (Fsp3) is 0.588. The molecule has 1 aromatic rings. The minimum atomic E-state index is -0.444. The van der Waals surface area contributed by atoms with Crippen molar-refractivity contribution in [3.05, 3.63) is 39.9 Å². The number of carbonyl (C=O) groups excluding carboxylic acids is 1. The number of hydrogen-bond donors (Lipinski definition) is 2. The van der Waals surface area contributed by atoms with Crippen molar-refractivity contribution in [3.63, 3.8) is 0 Å². The Morgan fingerprint density at radius 1 is 1.40 bits per heavy atom. The van der Waals surface area contributed by atoms with Crippen molar-refractivity contribution in [1.82, 2.24) is 15.5 Å². The number of carbonyl (C=O) groups is 1. The Morgan fingerprint density at radius 2 is 2.08 bits per heavy atom. The Hall–Kier alpha value is -2.19. The van der Waals surface area contributed by atoms with Crippen LogP contribution in [0.15, 0.2) is 24.3 Å². The monoisotopic (exact) mass is 350 g/mol. The Labute approximate surface area is 147 Å². The van der Waals surface area contributed by atoms with Crippen LogP contribution in [0, 0.1) is 10.1 Å². The van der Waals surface area contributed by atoms with Gasteiger partial charge in [0, 0.05) is 38.3 Å². The molecule has 2 rings (SSSR count). The van der Waals surface area contributed by atoms with Crippen LogP contribution in [0.2, 0.25) is 0 Å². The molecular weight excluding hydrogens is 324 g/mol. The number of nitro benzene ring substituents is 1. The lowest BCUT2D eigenvalue weighted by Gasteiger charge is -2.35. The number of benzene rings is 1. The molecule has 0 radical (unpaired) electrons. The van der Waals surface area contributed by atoms with E-state index < -0.39 is 4.92 Å². The van der Waals surface area contributed by atoms with Crippen molar-refractivity contribution in [1.29, 1.82) is 0 Å². The first-order chi connectivity index (χ1) is 11.8. The molecule has 2 N–H and O–H groups in total. The van der Waals surface area contributed by atoms with Crippen molar-refractivity contribution < 1.29 is 14.5 Å². The van der Waals surface area contributed by atoms with Crippen LogP contribution in [-0.4, -0.2) is 54.2 Å². The van der Waals surface area contributed by atoms with E-state index in [1.807, 2.05) is 13.8 Å². The molecular formula is C17H26N4O4. The van der Waals surface area contributed by atoms with Crippen molar-refractivity contribution in [2.24, 2.45) is 0 Å². The lowest BCUT2D eigenvalue weighted by Crippen LogP contribution is -2.48. The second-order valence-electron chi connectivity index (χ2n) is 6.49. The number of ether oxygens (including phenoxy) is 1. The number of nitro groups is 1. The zero-order chi connectivity index (χ0) is 18.4. The summed E-state index contributed by atoms with van der Waals surface area (Å²) in [5.41, 5.74) is 0.710. The lowest BCUT2D eigenvalue weighted by molar-refractivity contribution is -0.384. The summed E-state index contributed by atoms with van der Waals surface area (Å²) in [7, 11) is 0. The van der Waals surface area contributed by atoms with E-state index in [1.165, 1.54) is 12.1 Å². The largest absolute Gasteiger partial charge is 0.373 e. The van der Waals surface area contributed by atoms with Crippen molar-refractivity contribution in [2.45, 2.75) is 39.0 Å². The van der Waals surface area contributed by atoms with Crippen molar-refractivity contribution in [3.8, 4) is 0 Å². The quantitative estimate of drug-likeness (QED) is 0.605. The van der Waals surface area contributed by atoms with Crippen molar-refractivity contribution >= 4 is 11.7 Å². The van der Waals surface area contributed by atoms with Gasteiger partial charge in [-0.3, -0.25) is 15.0 Å². The molecule has 0 aliphatic carbocycles. The molecule has 0 aromatic heterocycles. The molecule has 3 atom stereocenters. The number of urea groups is 1. The molecule has 1 saturated heterocycles. The van der Waals surface area contributed by atoms with Gasteiger partial charge in [-0.25, -0.2) is 4.79 Å². The lowest BCUT2D eigenvalue weighted by atomic mass is 10.1. The standard InChI is InChI=1S/C17H26N4O4/c1-12-10-20(11-13(2)25-12)8-7-18-17(22)19-14(3)15-5-4-6-16(9-15)21(23)24/h4-6,9,12-14H,7-8,10-11H2,1-3H3,(H2,18,19,22). The number of nitrogens with one attached hydrogen (secondary N) is 2. The van der Waals surface area contributed by atoms with E-state index >= 15 is 0 Å². The topological polar surface area (TPSA) is 96.7 Å². The number of rotatable bonds is 6. The highest BCUT2D eigenvalue weighted by atomic mass is 16.6. The van der Waals surface area contributed by atoms with Gasteiger partial charge in [-0.05, 0) is 26.3 Å². The van der Waals surface area contributed by atoms with Gasteiger partial charge in [0.05, 0.1) is 23.2 Å². The van der Waals surface area contributed by atoms with Crippen LogP contribution in [0.3, 0.4) is 0 Å². The highest BCUT2D eigenvalue weighted by Crippen LogP contribution is 2.18. The third kappa shape index (κ3) is 5.99. The fourth-order valence-electron chi connectivity index (χ4n) is 3.03. The maximum absolute atomic E-state index is 12.0. The van der Waals surface area contributed by atoms with E-state index in [0.717, 1.165) is 19.6 Å². The third-order valence-electron chi connectivity index (χ3n) is 4.14. The van der Waals surface area contributed by atoms with Crippen LogP contribution in [0.25, 0.3) is 0 Å². The Kier molecular flexibility index (Phi) is 6.72. The molecule has 0 saturated carbocycles. The minimum Gasteiger partial charge on any atom is -0.373 e. The van der Waals surface area contributed by atoms with Crippen molar-refractivity contribution in [2.75, 3.05) is 26.2 Å². The van der Waals surface area contributed by atoms with E-state index in [-0.39, 0.29) is 30.0 Å². The third-order valence-corrected chi connectivity index (χ3v) is 4.14. The number of amides is 2. The first kappa shape index (κ1) is 19.1. The smallest absolute Gasteiger partial charge is 0.315 e. The van der Waals surface area contributed by atoms with Gasteiger partial charge in [0.1, 0.15) is 0 Å². The van der Waals surface area contributed by atoms with Gasteiger partial charge < -0.3 is 15.4 Å². The van der Waals surface area contributed by atoms with Crippen LogP contribution in [0.5, 0.6) is 0 Å². The second-order valence-corrected chi connectivity index (χ2v) is 6.49. The molecule has 8 heteroatoms. The molecule has 138 valence electrons. The molecule has 1 aliphatic heterocycles. The first-order valence-electron chi connectivity index (χ1n) is 8.51. The molecule has 25 heavy (non-hydrogen) atoms. The minimum absolute atomic E-state index is 0.0158. The van der Waals surface area contributed by atoms with Gasteiger partial charge >= 0.3 is 6.03 Å². The van der Waals surface area contributed by atoms with Gasteiger partial charge in [0.15, 0.2) is 0 Å². The maximum Gasteiger partial charge on any atom is 0.315 e. The maximum atomic E-state index is 12.0. The summed E-state index contributed by atoms with van der Waals surface area (Å²) >= 11 is 0. The molecule has 1 heterocycles. The average molecular weight is 350 g/mol. The Balaban J connectivity index is 1.76. The SMILES string of the molecule is CC1CN(CCNC(=O)NC(C)c2cccc([N+](=O)[O-])c2)CC(C)O1. The molecule has 8 nitrogen and oxygen atoms in total. The molecule has 1 fully saturated rings. The molecule has 1 aliphatic rings. The highest BCUT2D eigenvalue weighted by molar-refractivity contribution is 5.74. The predicted molar refractivity (Wildman–Crippen MR) is 94.5 cm³/mol. The molecule has 3 unspecified atom stereocenters. The van der Waals surface area contributed by atoms with Crippen LogP contribution in [0.1, 0.15) is 32.4 Å². The number of morpholine rings is 1. The molecule has 1 aromatic carbocycles. The first-order valence-corrected chi connectivity index (χ1v) is 8.51. The fourth-order valence-corrected chi connectivity index (χ4v) is 3.03. The molecule has 0 spiro atoms. The summed E-state index contributed by atoms with van der Waals surface area (Å²) in [6.45, 7) is 8.90. The molecule has 0 bridgehead atoms. The predicted octanol–water partition coefficient (Wildman–Crippen LogP) is 2.06. The van der Waals surface area contributed by atoms with E-state index in [9.17, 15) is 14.9 Å². The van der Waals surface area contributed by atoms with E-state index in [1.54, 1.807) is 19.1 Å². The van der Waals surface area contributed by atoms with E-state index in [0.29, 0.717) is 12.1 Å². The summed E-state index contributed by atoms with van der Waals surface area (Å²) in [5.74, 6) is 0. The normalized spacial score (nSPS) is 22.2. The summed E-state index contributed by atoms with van der Waals surface area (Å²) in [6.07, 6.45) is 0.401. The van der Waals surface area contributed by atoms with Crippen LogP contribution in [0.4, 0.5) is 10.5 Å². The summed E-state index contributed by atoms with van der Waals surface area (Å²) < 4.78 is 5.68. The van der Waals surface area contributed by atoms with Gasteiger partial charge in [0.25, 0.3) is 5.69 Å². The second kappa shape index (κ2) is 8.77. The Bertz CT molecular complexity index is 600. The number of non-ortho nitro benzene ring substituents is 1. The van der Waals surface area contributed by atoms with Crippen LogP contribution in [-0.2, 0) is 4.74 Å². The summed E-state index contributed by atoms with van der Waals surface area (Å²) in [6, 6.07) is 5.68.